The lowest BCUT2D eigenvalue weighted by atomic mass is 10.0. The van der Waals surface area contributed by atoms with Gasteiger partial charge in [-0.1, -0.05) is 30.3 Å². The number of esters is 1. The summed E-state index contributed by atoms with van der Waals surface area (Å²) in [6.07, 6.45) is 2.19. The molecule has 136 valence electrons. The fraction of sp³-hybridized carbons (Fsp3) is 0.227. The number of nitrogens with one attached hydrogen (secondary N) is 1. The Labute approximate surface area is 156 Å². The average Bonchev–Trinajstić information content (AvgIpc) is 3.14. The lowest BCUT2D eigenvalue weighted by Gasteiger charge is -2.14. The van der Waals surface area contributed by atoms with Crippen LogP contribution in [0.1, 0.15) is 45.2 Å². The van der Waals surface area contributed by atoms with Gasteiger partial charge in [-0.25, -0.2) is 4.79 Å². The molecule has 0 saturated heterocycles. The number of pyridine rings is 1. The number of ether oxygens (including phenoxy) is 1. The van der Waals surface area contributed by atoms with Crippen molar-refractivity contribution in [1.29, 1.82) is 0 Å². The second-order valence-corrected chi connectivity index (χ2v) is 6.84. The molecule has 0 amide bonds. The summed E-state index contributed by atoms with van der Waals surface area (Å²) in [5, 5.41) is 0.583. The molecule has 4 rings (SSSR count). The number of aromatic nitrogens is 1. The number of aryl methyl sites for hydroxylation is 2. The first-order chi connectivity index (χ1) is 13.0. The van der Waals surface area contributed by atoms with Gasteiger partial charge in [-0.3, -0.25) is 9.59 Å². The number of carbonyl (C=O) groups excluding carboxylic acids is 2. The molecule has 1 aliphatic carbocycles. The number of para-hydroxylation sites is 1. The molecule has 27 heavy (non-hydrogen) atoms. The maximum Gasteiger partial charge on any atom is 0.339 e. The van der Waals surface area contributed by atoms with Gasteiger partial charge in [0.2, 0.25) is 11.3 Å². The molecule has 0 fully saturated rings. The highest BCUT2D eigenvalue weighted by Gasteiger charge is 2.23. The number of Topliss-reactive ketones (excluding diaryl/α,β-unsaturated/α-hetero) is 1. The van der Waals surface area contributed by atoms with E-state index in [-0.39, 0.29) is 11.3 Å². The number of hydrogen-bond donors (Lipinski definition) is 1. The predicted molar refractivity (Wildman–Crippen MR) is 102 cm³/mol. The quantitative estimate of drug-likeness (QED) is 0.570. The van der Waals surface area contributed by atoms with Crippen LogP contribution in [-0.2, 0) is 17.6 Å². The van der Waals surface area contributed by atoms with Crippen molar-refractivity contribution in [3.05, 3.63) is 81.1 Å². The van der Waals surface area contributed by atoms with E-state index in [4.69, 9.17) is 4.74 Å². The zero-order valence-corrected chi connectivity index (χ0v) is 15.0. The topological polar surface area (TPSA) is 76.2 Å². The fourth-order valence-corrected chi connectivity index (χ4v) is 3.61. The predicted octanol–water partition coefficient (Wildman–Crippen LogP) is 3.45. The first kappa shape index (κ1) is 17.2. The zero-order valence-electron chi connectivity index (χ0n) is 15.0. The summed E-state index contributed by atoms with van der Waals surface area (Å²) in [7, 11) is 0. The van der Waals surface area contributed by atoms with Gasteiger partial charge in [0.05, 0.1) is 5.56 Å². The van der Waals surface area contributed by atoms with E-state index in [1.54, 1.807) is 37.3 Å². The fourth-order valence-electron chi connectivity index (χ4n) is 3.61. The molecular formula is C22H19NO4. The van der Waals surface area contributed by atoms with Crippen molar-refractivity contribution in [3.8, 4) is 0 Å². The molecule has 1 aliphatic rings. The number of rotatable bonds is 4. The highest BCUT2D eigenvalue weighted by molar-refractivity contribution is 6.05. The molecule has 0 aliphatic heterocycles. The summed E-state index contributed by atoms with van der Waals surface area (Å²) >= 11 is 0. The number of fused-ring (bicyclic) bond motifs is 2. The Balaban J connectivity index is 1.58. The SMILES string of the molecule is CC(OC(=O)c1cc(=O)[nH]c2ccccc12)C(=O)c1ccc2c(c1)CCC2. The number of benzene rings is 2. The summed E-state index contributed by atoms with van der Waals surface area (Å²) in [6.45, 7) is 1.56. The van der Waals surface area contributed by atoms with Crippen molar-refractivity contribution in [1.82, 2.24) is 4.98 Å². The van der Waals surface area contributed by atoms with E-state index in [1.165, 1.54) is 17.2 Å². The molecule has 0 saturated carbocycles. The molecule has 3 aromatic rings. The summed E-state index contributed by atoms with van der Waals surface area (Å²) < 4.78 is 5.39. The van der Waals surface area contributed by atoms with Gasteiger partial charge in [0.25, 0.3) is 0 Å². The minimum absolute atomic E-state index is 0.156. The van der Waals surface area contributed by atoms with Crippen molar-refractivity contribution in [3.63, 3.8) is 0 Å². The van der Waals surface area contributed by atoms with Crippen LogP contribution in [0.15, 0.2) is 53.3 Å². The van der Waals surface area contributed by atoms with E-state index in [0.29, 0.717) is 16.5 Å². The Kier molecular flexibility index (Phi) is 4.36. The van der Waals surface area contributed by atoms with Crippen LogP contribution in [0.3, 0.4) is 0 Å². The zero-order chi connectivity index (χ0) is 19.0. The molecule has 1 atom stereocenters. The molecule has 0 bridgehead atoms. The molecule has 0 radical (unpaired) electrons. The Bertz CT molecular complexity index is 1110. The maximum absolute atomic E-state index is 12.7. The van der Waals surface area contributed by atoms with Crippen molar-refractivity contribution >= 4 is 22.7 Å². The van der Waals surface area contributed by atoms with Gasteiger partial charge in [0.1, 0.15) is 0 Å². The van der Waals surface area contributed by atoms with E-state index in [9.17, 15) is 14.4 Å². The number of ketones is 1. The lowest BCUT2D eigenvalue weighted by Crippen LogP contribution is -2.25. The van der Waals surface area contributed by atoms with Crippen LogP contribution >= 0.6 is 0 Å². The molecule has 5 nitrogen and oxygen atoms in total. The van der Waals surface area contributed by atoms with Gasteiger partial charge in [-0.05, 0) is 49.4 Å². The molecule has 1 unspecified atom stereocenters. The van der Waals surface area contributed by atoms with Gasteiger partial charge in [0, 0.05) is 22.5 Å². The minimum Gasteiger partial charge on any atom is -0.451 e. The summed E-state index contributed by atoms with van der Waals surface area (Å²) in [5.74, 6) is -0.925. The molecule has 1 N–H and O–H groups in total. The molecule has 1 heterocycles. The standard InChI is InChI=1S/C22H19NO4/c1-13(21(25)16-10-9-14-5-4-6-15(14)11-16)27-22(26)18-12-20(24)23-19-8-3-2-7-17(18)19/h2-3,7-13H,4-6H2,1H3,(H,23,24). The van der Waals surface area contributed by atoms with Crippen LogP contribution in [0.5, 0.6) is 0 Å². The van der Waals surface area contributed by atoms with Crippen LogP contribution < -0.4 is 5.56 Å². The van der Waals surface area contributed by atoms with Crippen molar-refractivity contribution < 1.29 is 14.3 Å². The lowest BCUT2D eigenvalue weighted by molar-refractivity contribution is 0.0320. The first-order valence-electron chi connectivity index (χ1n) is 9.02. The maximum atomic E-state index is 12.7. The largest absolute Gasteiger partial charge is 0.451 e. The van der Waals surface area contributed by atoms with Crippen LogP contribution in [0.25, 0.3) is 10.9 Å². The van der Waals surface area contributed by atoms with Crippen LogP contribution in [0.2, 0.25) is 0 Å². The van der Waals surface area contributed by atoms with Gasteiger partial charge in [0.15, 0.2) is 6.10 Å². The van der Waals surface area contributed by atoms with Crippen LogP contribution in [-0.4, -0.2) is 22.8 Å². The number of carbonyl (C=O) groups is 2. The monoisotopic (exact) mass is 361 g/mol. The van der Waals surface area contributed by atoms with Gasteiger partial charge in [-0.2, -0.15) is 0 Å². The van der Waals surface area contributed by atoms with E-state index in [1.807, 2.05) is 12.1 Å². The van der Waals surface area contributed by atoms with Crippen molar-refractivity contribution in [2.24, 2.45) is 0 Å². The second kappa shape index (κ2) is 6.83. The third-order valence-electron chi connectivity index (χ3n) is 5.01. The summed E-state index contributed by atoms with van der Waals surface area (Å²) in [4.78, 5) is 39.8. The van der Waals surface area contributed by atoms with E-state index < -0.39 is 17.6 Å². The normalized spacial score (nSPS) is 14.0. The minimum atomic E-state index is -0.935. The molecular weight excluding hydrogens is 342 g/mol. The van der Waals surface area contributed by atoms with Crippen LogP contribution in [0, 0.1) is 0 Å². The smallest absolute Gasteiger partial charge is 0.339 e. The second-order valence-electron chi connectivity index (χ2n) is 6.84. The molecule has 0 spiro atoms. The average molecular weight is 361 g/mol. The highest BCUT2D eigenvalue weighted by atomic mass is 16.5. The number of H-pyrrole nitrogens is 1. The highest BCUT2D eigenvalue weighted by Crippen LogP contribution is 2.24. The van der Waals surface area contributed by atoms with Gasteiger partial charge >= 0.3 is 5.97 Å². The van der Waals surface area contributed by atoms with Crippen molar-refractivity contribution in [2.75, 3.05) is 0 Å². The van der Waals surface area contributed by atoms with Gasteiger partial charge < -0.3 is 9.72 Å². The van der Waals surface area contributed by atoms with Crippen molar-refractivity contribution in [2.45, 2.75) is 32.3 Å². The number of hydrogen-bond acceptors (Lipinski definition) is 4. The van der Waals surface area contributed by atoms with Gasteiger partial charge in [-0.15, -0.1) is 0 Å². The van der Waals surface area contributed by atoms with E-state index in [0.717, 1.165) is 19.3 Å². The summed E-state index contributed by atoms with van der Waals surface area (Å²) in [5.41, 5.74) is 3.34. The Hall–Kier alpha value is -3.21. The van der Waals surface area contributed by atoms with E-state index in [2.05, 4.69) is 4.98 Å². The number of aromatic amines is 1. The third-order valence-corrected chi connectivity index (χ3v) is 5.01. The Morgan fingerprint density at radius 3 is 2.67 bits per heavy atom. The Morgan fingerprint density at radius 1 is 1.04 bits per heavy atom. The van der Waals surface area contributed by atoms with E-state index >= 15 is 0 Å². The first-order valence-corrected chi connectivity index (χ1v) is 9.02. The Morgan fingerprint density at radius 2 is 1.81 bits per heavy atom. The van der Waals surface area contributed by atoms with Crippen LogP contribution in [0.4, 0.5) is 0 Å². The molecule has 2 aromatic carbocycles. The third kappa shape index (κ3) is 3.28. The molecule has 1 aromatic heterocycles. The summed E-state index contributed by atoms with van der Waals surface area (Å²) in [6, 6.07) is 13.9. The molecule has 5 heteroatoms.